The summed E-state index contributed by atoms with van der Waals surface area (Å²) in [7, 11) is 0. The monoisotopic (exact) mass is 303 g/mol. The lowest BCUT2D eigenvalue weighted by atomic mass is 10.0. The summed E-state index contributed by atoms with van der Waals surface area (Å²) < 4.78 is 0. The van der Waals surface area contributed by atoms with Gasteiger partial charge in [0.05, 0.1) is 6.42 Å². The van der Waals surface area contributed by atoms with Crippen LogP contribution in [-0.4, -0.2) is 5.91 Å². The topological polar surface area (TPSA) is 29.1 Å². The van der Waals surface area contributed by atoms with Crippen molar-refractivity contribution in [3.63, 3.8) is 0 Å². The molecule has 3 aromatic carbocycles. The molecule has 1 amide bonds. The summed E-state index contributed by atoms with van der Waals surface area (Å²) in [6.07, 6.45) is 0.425. The zero-order valence-electron chi connectivity index (χ0n) is 13.6. The third-order valence-corrected chi connectivity index (χ3v) is 4.24. The molecule has 0 unspecified atom stereocenters. The average molecular weight is 303 g/mol. The van der Waals surface area contributed by atoms with Crippen LogP contribution in [0.3, 0.4) is 0 Å². The number of nitrogens with one attached hydrogen (secondary N) is 1. The normalized spacial score (nSPS) is 10.7. The number of aryl methyl sites for hydroxylation is 2. The Bertz CT molecular complexity index is 851. The lowest BCUT2D eigenvalue weighted by molar-refractivity contribution is -0.120. The molecule has 0 aliphatic carbocycles. The Morgan fingerprint density at radius 1 is 0.826 bits per heavy atom. The molecule has 0 atom stereocenters. The van der Waals surface area contributed by atoms with Gasteiger partial charge in [0.25, 0.3) is 0 Å². The van der Waals surface area contributed by atoms with Gasteiger partial charge in [-0.15, -0.1) is 0 Å². The van der Waals surface area contributed by atoms with Gasteiger partial charge in [-0.05, 0) is 52.9 Å². The van der Waals surface area contributed by atoms with E-state index in [2.05, 4.69) is 61.6 Å². The van der Waals surface area contributed by atoms with Crippen LogP contribution >= 0.6 is 0 Å². The third-order valence-electron chi connectivity index (χ3n) is 4.24. The Morgan fingerprint density at radius 3 is 2.35 bits per heavy atom. The maximum Gasteiger partial charge on any atom is 0.224 e. The van der Waals surface area contributed by atoms with Gasteiger partial charge in [-0.2, -0.15) is 0 Å². The number of fused-ring (bicyclic) bond motifs is 1. The summed E-state index contributed by atoms with van der Waals surface area (Å²) in [5.74, 6) is 0.0569. The minimum atomic E-state index is 0.0569. The molecule has 3 aromatic rings. The molecule has 0 aliphatic rings. The largest absolute Gasteiger partial charge is 0.352 e. The van der Waals surface area contributed by atoms with Crippen molar-refractivity contribution in [3.8, 4) is 0 Å². The fourth-order valence-corrected chi connectivity index (χ4v) is 2.71. The van der Waals surface area contributed by atoms with E-state index in [-0.39, 0.29) is 5.91 Å². The lowest BCUT2D eigenvalue weighted by Gasteiger charge is -2.08. The van der Waals surface area contributed by atoms with Crippen molar-refractivity contribution in [1.29, 1.82) is 0 Å². The highest BCUT2D eigenvalue weighted by Gasteiger charge is 2.05. The molecule has 1 N–H and O–H groups in total. The molecule has 2 nitrogen and oxygen atoms in total. The molecule has 3 rings (SSSR count). The number of amides is 1. The molecule has 0 fully saturated rings. The molecule has 2 heteroatoms. The Morgan fingerprint density at radius 2 is 1.57 bits per heavy atom. The molecule has 0 bridgehead atoms. The van der Waals surface area contributed by atoms with Crippen molar-refractivity contribution in [2.75, 3.05) is 0 Å². The van der Waals surface area contributed by atoms with Crippen LogP contribution in [0.5, 0.6) is 0 Å². The van der Waals surface area contributed by atoms with E-state index in [9.17, 15) is 4.79 Å². The molecule has 0 spiro atoms. The van der Waals surface area contributed by atoms with Crippen molar-refractivity contribution >= 4 is 16.7 Å². The standard InChI is InChI=1S/C21H21NO/c1-15-7-8-17(11-16(15)2)13-21(23)22-14-18-9-10-19-5-3-4-6-20(19)12-18/h3-12H,13-14H2,1-2H3,(H,22,23). The summed E-state index contributed by atoms with van der Waals surface area (Å²) >= 11 is 0. The van der Waals surface area contributed by atoms with Gasteiger partial charge in [0.15, 0.2) is 0 Å². The Kier molecular flexibility index (Phi) is 4.42. The van der Waals surface area contributed by atoms with Crippen molar-refractivity contribution in [1.82, 2.24) is 5.32 Å². The molecule has 0 saturated heterocycles. The van der Waals surface area contributed by atoms with E-state index >= 15 is 0 Å². The molecule has 23 heavy (non-hydrogen) atoms. The number of carbonyl (C=O) groups excluding carboxylic acids is 1. The van der Waals surface area contributed by atoms with Crippen LogP contribution in [-0.2, 0) is 17.8 Å². The smallest absolute Gasteiger partial charge is 0.224 e. The predicted octanol–water partition coefficient (Wildman–Crippen LogP) is 4.32. The number of carbonyl (C=O) groups is 1. The Labute approximate surface area is 137 Å². The van der Waals surface area contributed by atoms with Crippen molar-refractivity contribution in [3.05, 3.63) is 82.9 Å². The predicted molar refractivity (Wildman–Crippen MR) is 95.4 cm³/mol. The number of rotatable bonds is 4. The first kappa shape index (κ1) is 15.3. The van der Waals surface area contributed by atoms with Crippen LogP contribution in [0.4, 0.5) is 0 Å². The maximum absolute atomic E-state index is 12.1. The van der Waals surface area contributed by atoms with Crippen molar-refractivity contribution in [2.24, 2.45) is 0 Å². The van der Waals surface area contributed by atoms with Crippen LogP contribution in [0.2, 0.25) is 0 Å². The van der Waals surface area contributed by atoms with Crippen LogP contribution in [0.25, 0.3) is 10.8 Å². The van der Waals surface area contributed by atoms with E-state index in [0.717, 1.165) is 11.1 Å². The number of benzene rings is 3. The molecule has 0 heterocycles. The van der Waals surface area contributed by atoms with E-state index < -0.39 is 0 Å². The third kappa shape index (κ3) is 3.78. The second-order valence-corrected chi connectivity index (χ2v) is 6.05. The minimum absolute atomic E-state index is 0.0569. The molecule has 116 valence electrons. The van der Waals surface area contributed by atoms with E-state index in [0.29, 0.717) is 13.0 Å². The molecule has 0 saturated carbocycles. The van der Waals surface area contributed by atoms with Gasteiger partial charge in [-0.3, -0.25) is 4.79 Å². The van der Waals surface area contributed by atoms with Crippen LogP contribution < -0.4 is 5.32 Å². The van der Waals surface area contributed by atoms with E-state index in [1.807, 2.05) is 18.2 Å². The first-order valence-electron chi connectivity index (χ1n) is 7.92. The van der Waals surface area contributed by atoms with Gasteiger partial charge in [-0.25, -0.2) is 0 Å². The van der Waals surface area contributed by atoms with Gasteiger partial charge < -0.3 is 5.32 Å². The summed E-state index contributed by atoms with van der Waals surface area (Å²) in [6, 6.07) is 20.7. The van der Waals surface area contributed by atoms with Crippen LogP contribution in [0.15, 0.2) is 60.7 Å². The molecule has 0 aliphatic heterocycles. The summed E-state index contributed by atoms with van der Waals surface area (Å²) in [6.45, 7) is 4.72. The number of hydrogen-bond donors (Lipinski definition) is 1. The van der Waals surface area contributed by atoms with Gasteiger partial charge in [-0.1, -0.05) is 54.6 Å². The first-order chi connectivity index (χ1) is 11.1. The highest BCUT2D eigenvalue weighted by Crippen LogP contribution is 2.15. The van der Waals surface area contributed by atoms with Gasteiger partial charge in [0, 0.05) is 6.54 Å². The van der Waals surface area contributed by atoms with Gasteiger partial charge >= 0.3 is 0 Å². The molecular weight excluding hydrogens is 282 g/mol. The van der Waals surface area contributed by atoms with Crippen molar-refractivity contribution in [2.45, 2.75) is 26.8 Å². The molecular formula is C21H21NO. The van der Waals surface area contributed by atoms with Crippen molar-refractivity contribution < 1.29 is 4.79 Å². The van der Waals surface area contributed by atoms with E-state index in [4.69, 9.17) is 0 Å². The zero-order chi connectivity index (χ0) is 16.2. The highest BCUT2D eigenvalue weighted by atomic mass is 16.1. The van der Waals surface area contributed by atoms with Gasteiger partial charge in [0.1, 0.15) is 0 Å². The van der Waals surface area contributed by atoms with E-state index in [1.165, 1.54) is 21.9 Å². The highest BCUT2D eigenvalue weighted by molar-refractivity contribution is 5.83. The maximum atomic E-state index is 12.1. The summed E-state index contributed by atoms with van der Waals surface area (Å²) in [5.41, 5.74) is 4.66. The summed E-state index contributed by atoms with van der Waals surface area (Å²) in [5, 5.41) is 5.43. The first-order valence-corrected chi connectivity index (χ1v) is 7.92. The zero-order valence-corrected chi connectivity index (χ0v) is 13.6. The van der Waals surface area contributed by atoms with Crippen LogP contribution in [0, 0.1) is 13.8 Å². The molecule has 0 aromatic heterocycles. The minimum Gasteiger partial charge on any atom is -0.352 e. The second kappa shape index (κ2) is 6.66. The number of hydrogen-bond acceptors (Lipinski definition) is 1. The Balaban J connectivity index is 1.62. The fraction of sp³-hybridized carbons (Fsp3) is 0.190. The fourth-order valence-electron chi connectivity index (χ4n) is 2.71. The summed E-state index contributed by atoms with van der Waals surface area (Å²) in [4.78, 5) is 12.1. The van der Waals surface area contributed by atoms with Crippen LogP contribution in [0.1, 0.15) is 22.3 Å². The average Bonchev–Trinajstić information content (AvgIpc) is 2.56. The quantitative estimate of drug-likeness (QED) is 0.764. The molecule has 0 radical (unpaired) electrons. The Hall–Kier alpha value is -2.61. The van der Waals surface area contributed by atoms with Gasteiger partial charge in [0.2, 0.25) is 5.91 Å². The van der Waals surface area contributed by atoms with E-state index in [1.54, 1.807) is 0 Å². The lowest BCUT2D eigenvalue weighted by Crippen LogP contribution is -2.24. The SMILES string of the molecule is Cc1ccc(CC(=O)NCc2ccc3ccccc3c2)cc1C. The second-order valence-electron chi connectivity index (χ2n) is 6.05.